The Kier molecular flexibility index (Phi) is 4.78. The number of nitro groups is 1. The molecule has 3 aromatic rings. The van der Waals surface area contributed by atoms with Crippen molar-refractivity contribution in [2.75, 3.05) is 31.1 Å². The Morgan fingerprint density at radius 1 is 1.14 bits per heavy atom. The molecule has 0 saturated carbocycles. The number of benzene rings is 1. The lowest BCUT2D eigenvalue weighted by Crippen LogP contribution is -2.46. The summed E-state index contributed by atoms with van der Waals surface area (Å²) in [5.74, 6) is 0.184. The molecule has 1 aliphatic rings. The Morgan fingerprint density at radius 2 is 1.90 bits per heavy atom. The molecule has 1 saturated heterocycles. The summed E-state index contributed by atoms with van der Waals surface area (Å²) in [6.07, 6.45) is -3.41. The van der Waals surface area contributed by atoms with Gasteiger partial charge in [-0.25, -0.2) is 4.98 Å². The van der Waals surface area contributed by atoms with E-state index in [9.17, 15) is 23.3 Å². The molecular weight excluding hydrogens is 391 g/mol. The monoisotopic (exact) mass is 407 g/mol. The number of halogens is 3. The predicted molar refractivity (Wildman–Crippen MR) is 96.4 cm³/mol. The highest BCUT2D eigenvalue weighted by Gasteiger charge is 2.35. The Labute approximate surface area is 162 Å². The van der Waals surface area contributed by atoms with Crippen molar-refractivity contribution in [2.45, 2.75) is 12.7 Å². The number of fused-ring (bicyclic) bond motifs is 1. The van der Waals surface area contributed by atoms with Crippen LogP contribution in [-0.4, -0.2) is 55.6 Å². The minimum atomic E-state index is -4.58. The van der Waals surface area contributed by atoms with Crippen LogP contribution in [-0.2, 0) is 12.7 Å². The number of nitrogens with zero attached hydrogens (tertiary/aromatic N) is 7. The fourth-order valence-electron chi connectivity index (χ4n) is 3.33. The first-order chi connectivity index (χ1) is 13.8. The van der Waals surface area contributed by atoms with Gasteiger partial charge in [0.25, 0.3) is 11.5 Å². The first-order valence-corrected chi connectivity index (χ1v) is 8.80. The largest absolute Gasteiger partial charge is 0.433 e. The maximum absolute atomic E-state index is 13.2. The molecule has 29 heavy (non-hydrogen) atoms. The van der Waals surface area contributed by atoms with Gasteiger partial charge in [0, 0.05) is 50.9 Å². The molecule has 4 rings (SSSR count). The van der Waals surface area contributed by atoms with Crippen LogP contribution in [0.3, 0.4) is 0 Å². The van der Waals surface area contributed by atoms with Crippen molar-refractivity contribution in [1.29, 1.82) is 0 Å². The van der Waals surface area contributed by atoms with E-state index in [0.717, 1.165) is 11.6 Å². The molecule has 0 bridgehead atoms. The van der Waals surface area contributed by atoms with Crippen molar-refractivity contribution in [3.8, 4) is 0 Å². The molecule has 3 heterocycles. The second-order valence-electron chi connectivity index (χ2n) is 6.66. The maximum Gasteiger partial charge on any atom is 0.433 e. The number of hydrogen-bond donors (Lipinski definition) is 0. The van der Waals surface area contributed by atoms with Crippen LogP contribution in [0.4, 0.5) is 24.7 Å². The number of anilines is 1. The van der Waals surface area contributed by atoms with E-state index < -0.39 is 16.8 Å². The molecule has 152 valence electrons. The standard InChI is InChI=1S/C17H16F3N7O2/c18-17(19,20)14-9-15(26-16(23-14)21-11-22-26)25-6-4-24(5-7-25)10-12-2-1-3-13(8-12)27(28)29/h1-3,8-9,11H,4-7,10H2. The molecule has 12 heteroatoms. The SMILES string of the molecule is O=[N+]([O-])c1cccc(CN2CCN(c3cc(C(F)(F)F)nc4ncnn34)CC2)c1. The predicted octanol–water partition coefficient (Wildman–Crippen LogP) is 2.37. The fourth-order valence-corrected chi connectivity index (χ4v) is 3.33. The molecule has 0 amide bonds. The van der Waals surface area contributed by atoms with Gasteiger partial charge in [0.05, 0.1) is 4.92 Å². The molecule has 9 nitrogen and oxygen atoms in total. The molecule has 1 fully saturated rings. The van der Waals surface area contributed by atoms with E-state index in [4.69, 9.17) is 0 Å². The zero-order chi connectivity index (χ0) is 20.6. The first kappa shape index (κ1) is 19.1. The molecule has 0 aliphatic carbocycles. The normalized spacial score (nSPS) is 15.8. The third-order valence-electron chi connectivity index (χ3n) is 4.75. The third kappa shape index (κ3) is 3.97. The van der Waals surface area contributed by atoms with Crippen LogP contribution in [0.1, 0.15) is 11.3 Å². The highest BCUT2D eigenvalue weighted by atomic mass is 19.4. The smallest absolute Gasteiger partial charge is 0.354 e. The van der Waals surface area contributed by atoms with Gasteiger partial charge >= 0.3 is 6.18 Å². The van der Waals surface area contributed by atoms with Gasteiger partial charge in [0.1, 0.15) is 12.1 Å². The summed E-state index contributed by atoms with van der Waals surface area (Å²) in [7, 11) is 0. The van der Waals surface area contributed by atoms with E-state index in [1.165, 1.54) is 23.0 Å². The highest BCUT2D eigenvalue weighted by molar-refractivity contribution is 5.48. The van der Waals surface area contributed by atoms with Gasteiger partial charge in [-0.1, -0.05) is 12.1 Å². The number of aromatic nitrogens is 4. The van der Waals surface area contributed by atoms with Gasteiger partial charge in [0.2, 0.25) is 0 Å². The minimum Gasteiger partial charge on any atom is -0.354 e. The van der Waals surface area contributed by atoms with Gasteiger partial charge in [-0.3, -0.25) is 15.0 Å². The number of hydrogen-bond acceptors (Lipinski definition) is 7. The van der Waals surface area contributed by atoms with Crippen molar-refractivity contribution in [3.63, 3.8) is 0 Å². The van der Waals surface area contributed by atoms with Crippen LogP contribution in [0, 0.1) is 10.1 Å². The molecule has 0 radical (unpaired) electrons. The number of nitro benzene ring substituents is 1. The van der Waals surface area contributed by atoms with E-state index in [0.29, 0.717) is 32.7 Å². The Hall–Kier alpha value is -3.28. The Morgan fingerprint density at radius 3 is 2.59 bits per heavy atom. The van der Waals surface area contributed by atoms with E-state index in [-0.39, 0.29) is 17.3 Å². The average Bonchev–Trinajstić information content (AvgIpc) is 3.16. The molecule has 0 atom stereocenters. The van der Waals surface area contributed by atoms with Gasteiger partial charge in [0.15, 0.2) is 5.69 Å². The van der Waals surface area contributed by atoms with Crippen molar-refractivity contribution in [3.05, 3.63) is 58.0 Å². The summed E-state index contributed by atoms with van der Waals surface area (Å²) >= 11 is 0. The van der Waals surface area contributed by atoms with E-state index >= 15 is 0 Å². The van der Waals surface area contributed by atoms with Crippen LogP contribution in [0.2, 0.25) is 0 Å². The molecule has 1 aromatic carbocycles. The summed E-state index contributed by atoms with van der Waals surface area (Å²) in [6.45, 7) is 2.65. The Balaban J connectivity index is 1.49. The van der Waals surface area contributed by atoms with Crippen molar-refractivity contribution >= 4 is 17.3 Å². The minimum absolute atomic E-state index is 0.0335. The van der Waals surface area contributed by atoms with Crippen molar-refractivity contribution < 1.29 is 18.1 Å². The van der Waals surface area contributed by atoms with Crippen LogP contribution < -0.4 is 4.90 Å². The second-order valence-corrected chi connectivity index (χ2v) is 6.66. The van der Waals surface area contributed by atoms with Crippen molar-refractivity contribution in [1.82, 2.24) is 24.5 Å². The first-order valence-electron chi connectivity index (χ1n) is 8.80. The third-order valence-corrected chi connectivity index (χ3v) is 4.75. The maximum atomic E-state index is 13.2. The number of alkyl halides is 3. The summed E-state index contributed by atoms with van der Waals surface area (Å²) in [4.78, 5) is 21.7. The molecular formula is C17H16F3N7O2. The van der Waals surface area contributed by atoms with Crippen LogP contribution in [0.5, 0.6) is 0 Å². The number of non-ortho nitro benzene ring substituents is 1. The summed E-state index contributed by atoms with van der Waals surface area (Å²) in [5.41, 5.74) is -0.159. The summed E-state index contributed by atoms with van der Waals surface area (Å²) < 4.78 is 40.8. The molecule has 1 aliphatic heterocycles. The van der Waals surface area contributed by atoms with E-state index in [2.05, 4.69) is 20.0 Å². The van der Waals surface area contributed by atoms with Gasteiger partial charge < -0.3 is 4.90 Å². The van der Waals surface area contributed by atoms with Gasteiger partial charge in [-0.15, -0.1) is 0 Å². The van der Waals surface area contributed by atoms with E-state index in [1.54, 1.807) is 6.07 Å². The molecule has 0 spiro atoms. The topological polar surface area (TPSA) is 92.7 Å². The zero-order valence-corrected chi connectivity index (χ0v) is 15.1. The van der Waals surface area contributed by atoms with E-state index in [1.807, 2.05) is 11.0 Å². The van der Waals surface area contributed by atoms with Crippen LogP contribution in [0.15, 0.2) is 36.7 Å². The number of rotatable bonds is 4. The Bertz CT molecular complexity index is 1040. The fraction of sp³-hybridized carbons (Fsp3) is 0.353. The quantitative estimate of drug-likeness (QED) is 0.484. The summed E-state index contributed by atoms with van der Waals surface area (Å²) in [6, 6.07) is 7.41. The van der Waals surface area contributed by atoms with Gasteiger partial charge in [-0.05, 0) is 5.56 Å². The number of piperazine rings is 1. The summed E-state index contributed by atoms with van der Waals surface area (Å²) in [5, 5.41) is 14.9. The average molecular weight is 407 g/mol. The lowest BCUT2D eigenvalue weighted by molar-refractivity contribution is -0.384. The lowest BCUT2D eigenvalue weighted by atomic mass is 10.1. The van der Waals surface area contributed by atoms with Gasteiger partial charge in [-0.2, -0.15) is 27.8 Å². The van der Waals surface area contributed by atoms with Crippen LogP contribution in [0.25, 0.3) is 5.78 Å². The zero-order valence-electron chi connectivity index (χ0n) is 15.1. The highest BCUT2D eigenvalue weighted by Crippen LogP contribution is 2.31. The second kappa shape index (κ2) is 7.28. The molecule has 2 aromatic heterocycles. The molecule has 0 N–H and O–H groups in total. The van der Waals surface area contributed by atoms with Crippen LogP contribution >= 0.6 is 0 Å². The molecule has 0 unspecified atom stereocenters. The van der Waals surface area contributed by atoms with Crippen molar-refractivity contribution in [2.24, 2.45) is 0 Å². The lowest BCUT2D eigenvalue weighted by Gasteiger charge is -2.36.